The van der Waals surface area contributed by atoms with E-state index in [1.165, 1.54) is 11.8 Å². The van der Waals surface area contributed by atoms with Crippen molar-refractivity contribution in [3.05, 3.63) is 42.5 Å². The largest absolute Gasteiger partial charge is 0.493 e. The highest BCUT2D eigenvalue weighted by Crippen LogP contribution is 2.34. The van der Waals surface area contributed by atoms with Crippen molar-refractivity contribution in [1.29, 1.82) is 0 Å². The van der Waals surface area contributed by atoms with Crippen LogP contribution in [0.4, 0.5) is 5.69 Å². The maximum atomic E-state index is 12.6. The standard InChI is InChI=1S/C19H23NO3S2/c1-5-24-18-9-7-6-8-15(18)20-19(21)13(2)25-14-10-11-16(22-3)17(12-14)23-4/h6-13H,5H2,1-4H3,(H,20,21)/t13-/m0/s1. The van der Waals surface area contributed by atoms with Gasteiger partial charge in [0.1, 0.15) is 0 Å². The highest BCUT2D eigenvalue weighted by Gasteiger charge is 2.17. The maximum Gasteiger partial charge on any atom is 0.237 e. The summed E-state index contributed by atoms with van der Waals surface area (Å²) in [7, 11) is 3.21. The number of carbonyl (C=O) groups excluding carboxylic acids is 1. The minimum absolute atomic E-state index is 0.0241. The summed E-state index contributed by atoms with van der Waals surface area (Å²) in [6, 6.07) is 13.5. The number of nitrogens with one attached hydrogen (secondary N) is 1. The summed E-state index contributed by atoms with van der Waals surface area (Å²) >= 11 is 3.20. The molecule has 2 aromatic carbocycles. The third-order valence-corrected chi connectivity index (χ3v) is 5.53. The Morgan fingerprint density at radius 1 is 1.12 bits per heavy atom. The Hall–Kier alpha value is -1.79. The molecule has 25 heavy (non-hydrogen) atoms. The number of rotatable bonds is 8. The van der Waals surface area contributed by atoms with Crippen LogP contribution in [-0.2, 0) is 4.79 Å². The first-order valence-corrected chi connectivity index (χ1v) is 9.87. The van der Waals surface area contributed by atoms with Gasteiger partial charge in [0.05, 0.1) is 25.2 Å². The first-order valence-electron chi connectivity index (χ1n) is 8.00. The molecule has 6 heteroatoms. The second-order valence-electron chi connectivity index (χ2n) is 5.20. The molecule has 0 bridgehead atoms. The molecule has 4 nitrogen and oxygen atoms in total. The number of para-hydroxylation sites is 1. The molecule has 134 valence electrons. The molecular weight excluding hydrogens is 354 g/mol. The van der Waals surface area contributed by atoms with Crippen LogP contribution in [-0.4, -0.2) is 31.1 Å². The molecule has 0 aliphatic heterocycles. The Bertz CT molecular complexity index is 722. The van der Waals surface area contributed by atoms with Crippen molar-refractivity contribution in [2.24, 2.45) is 0 Å². The van der Waals surface area contributed by atoms with Crippen LogP contribution in [0.25, 0.3) is 0 Å². The molecule has 0 heterocycles. The van der Waals surface area contributed by atoms with Crippen LogP contribution >= 0.6 is 23.5 Å². The normalized spacial score (nSPS) is 11.7. The molecule has 0 aliphatic rings. The van der Waals surface area contributed by atoms with Crippen LogP contribution in [0.1, 0.15) is 13.8 Å². The van der Waals surface area contributed by atoms with E-state index in [0.29, 0.717) is 11.5 Å². The van der Waals surface area contributed by atoms with Crippen LogP contribution in [0.5, 0.6) is 11.5 Å². The lowest BCUT2D eigenvalue weighted by atomic mass is 10.3. The van der Waals surface area contributed by atoms with Crippen molar-refractivity contribution in [3.8, 4) is 11.5 Å². The maximum absolute atomic E-state index is 12.6. The van der Waals surface area contributed by atoms with Crippen molar-refractivity contribution in [3.63, 3.8) is 0 Å². The van der Waals surface area contributed by atoms with E-state index in [9.17, 15) is 4.79 Å². The number of hydrogen-bond donors (Lipinski definition) is 1. The Labute approximate surface area is 157 Å². The number of thioether (sulfide) groups is 2. The minimum atomic E-state index is -0.238. The van der Waals surface area contributed by atoms with Crippen molar-refractivity contribution >= 4 is 35.1 Å². The highest BCUT2D eigenvalue weighted by atomic mass is 32.2. The molecule has 1 atom stereocenters. The predicted octanol–water partition coefficient (Wildman–Crippen LogP) is 4.94. The molecule has 0 saturated carbocycles. The number of carbonyl (C=O) groups is 1. The summed E-state index contributed by atoms with van der Waals surface area (Å²) in [5.41, 5.74) is 0.860. The van der Waals surface area contributed by atoms with E-state index in [1.807, 2.05) is 49.4 Å². The zero-order valence-corrected chi connectivity index (χ0v) is 16.5. The van der Waals surface area contributed by atoms with Gasteiger partial charge in [-0.3, -0.25) is 4.79 Å². The fraction of sp³-hybridized carbons (Fsp3) is 0.316. The average Bonchev–Trinajstić information content (AvgIpc) is 2.63. The molecule has 1 amide bonds. The highest BCUT2D eigenvalue weighted by molar-refractivity contribution is 8.00. The first-order chi connectivity index (χ1) is 12.1. The van der Waals surface area contributed by atoms with Crippen molar-refractivity contribution < 1.29 is 14.3 Å². The number of methoxy groups -OCH3 is 2. The summed E-state index contributed by atoms with van der Waals surface area (Å²) in [5.74, 6) is 2.27. The van der Waals surface area contributed by atoms with Crippen molar-refractivity contribution in [2.75, 3.05) is 25.3 Å². The topological polar surface area (TPSA) is 47.6 Å². The van der Waals surface area contributed by atoms with Gasteiger partial charge in [-0.2, -0.15) is 0 Å². The van der Waals surface area contributed by atoms with Gasteiger partial charge in [0, 0.05) is 9.79 Å². The summed E-state index contributed by atoms with van der Waals surface area (Å²) in [6.07, 6.45) is 0. The van der Waals surface area contributed by atoms with Gasteiger partial charge in [-0.15, -0.1) is 23.5 Å². The lowest BCUT2D eigenvalue weighted by Gasteiger charge is -2.15. The summed E-state index contributed by atoms with van der Waals surface area (Å²) < 4.78 is 10.6. The van der Waals surface area contributed by atoms with E-state index in [1.54, 1.807) is 26.0 Å². The van der Waals surface area contributed by atoms with E-state index < -0.39 is 0 Å². The quantitative estimate of drug-likeness (QED) is 0.661. The molecule has 2 aromatic rings. The number of amides is 1. The Morgan fingerprint density at radius 3 is 2.52 bits per heavy atom. The van der Waals surface area contributed by atoms with Crippen LogP contribution < -0.4 is 14.8 Å². The van der Waals surface area contributed by atoms with E-state index in [-0.39, 0.29) is 11.2 Å². The second kappa shape index (κ2) is 9.63. The van der Waals surface area contributed by atoms with Gasteiger partial charge in [0.25, 0.3) is 0 Å². The number of ether oxygens (including phenoxy) is 2. The first kappa shape index (κ1) is 19.5. The Balaban J connectivity index is 2.06. The monoisotopic (exact) mass is 377 g/mol. The molecular formula is C19H23NO3S2. The fourth-order valence-electron chi connectivity index (χ4n) is 2.23. The fourth-order valence-corrected chi connectivity index (χ4v) is 3.89. The lowest BCUT2D eigenvalue weighted by molar-refractivity contribution is -0.115. The van der Waals surface area contributed by atoms with E-state index >= 15 is 0 Å². The molecule has 0 aromatic heterocycles. The second-order valence-corrected chi connectivity index (χ2v) is 7.92. The molecule has 0 radical (unpaired) electrons. The Morgan fingerprint density at radius 2 is 1.84 bits per heavy atom. The Kier molecular flexibility index (Phi) is 7.52. The molecule has 0 saturated heterocycles. The average molecular weight is 378 g/mol. The van der Waals surface area contributed by atoms with Crippen molar-refractivity contribution in [2.45, 2.75) is 28.9 Å². The number of anilines is 1. The van der Waals surface area contributed by atoms with E-state index in [0.717, 1.165) is 21.2 Å². The molecule has 0 aliphatic carbocycles. The molecule has 1 N–H and O–H groups in total. The third-order valence-electron chi connectivity index (χ3n) is 3.48. The molecule has 0 unspecified atom stereocenters. The SMILES string of the molecule is CCSc1ccccc1NC(=O)[C@H](C)Sc1ccc(OC)c(OC)c1. The van der Waals surface area contributed by atoms with Gasteiger partial charge in [-0.1, -0.05) is 19.1 Å². The van der Waals surface area contributed by atoms with Gasteiger partial charge >= 0.3 is 0 Å². The van der Waals surface area contributed by atoms with Gasteiger partial charge in [-0.05, 0) is 43.0 Å². The van der Waals surface area contributed by atoms with E-state index in [4.69, 9.17) is 9.47 Å². The van der Waals surface area contributed by atoms with Crippen LogP contribution in [0.2, 0.25) is 0 Å². The zero-order valence-electron chi connectivity index (χ0n) is 14.9. The van der Waals surface area contributed by atoms with Crippen LogP contribution in [0.3, 0.4) is 0 Å². The van der Waals surface area contributed by atoms with Crippen LogP contribution in [0.15, 0.2) is 52.3 Å². The molecule has 2 rings (SSSR count). The molecule has 0 spiro atoms. The third kappa shape index (κ3) is 5.34. The van der Waals surface area contributed by atoms with Gasteiger partial charge < -0.3 is 14.8 Å². The predicted molar refractivity (Wildman–Crippen MR) is 106 cm³/mol. The van der Waals surface area contributed by atoms with E-state index in [2.05, 4.69) is 12.2 Å². The molecule has 0 fully saturated rings. The van der Waals surface area contributed by atoms with Gasteiger partial charge in [0.15, 0.2) is 11.5 Å². The summed E-state index contributed by atoms with van der Waals surface area (Å²) in [6.45, 7) is 3.99. The zero-order chi connectivity index (χ0) is 18.2. The minimum Gasteiger partial charge on any atom is -0.493 e. The van der Waals surface area contributed by atoms with Gasteiger partial charge in [-0.25, -0.2) is 0 Å². The van der Waals surface area contributed by atoms with Gasteiger partial charge in [0.2, 0.25) is 5.91 Å². The van der Waals surface area contributed by atoms with Crippen LogP contribution in [0, 0.1) is 0 Å². The summed E-state index contributed by atoms with van der Waals surface area (Å²) in [5, 5.41) is 2.79. The lowest BCUT2D eigenvalue weighted by Crippen LogP contribution is -2.22. The smallest absolute Gasteiger partial charge is 0.237 e. The van der Waals surface area contributed by atoms with Crippen molar-refractivity contribution in [1.82, 2.24) is 0 Å². The number of hydrogen-bond acceptors (Lipinski definition) is 5. The summed E-state index contributed by atoms with van der Waals surface area (Å²) in [4.78, 5) is 14.6. The number of benzene rings is 2.